The Morgan fingerprint density at radius 3 is 1.74 bits per heavy atom. The molecular weight excluding hydrogens is 777 g/mol. The predicted octanol–water partition coefficient (Wildman–Crippen LogP) is 10.6. The van der Waals surface area contributed by atoms with Crippen molar-refractivity contribution in [2.75, 3.05) is 59.5 Å². The van der Waals surface area contributed by atoms with Crippen LogP contribution in [0.2, 0.25) is 55.9 Å². The van der Waals surface area contributed by atoms with E-state index in [9.17, 15) is 9.59 Å². The summed E-state index contributed by atoms with van der Waals surface area (Å²) < 4.78 is 27.9. The lowest BCUT2D eigenvalue weighted by atomic mass is 9.88. The molecule has 0 radical (unpaired) electrons. The standard InChI is InChI=1S/C21H35NO3Si.C13H23NOSi.C12H24O3Si/c1-7-24-19(23)21(17-25-26(5,6)20(2,3)4)13-14-22(16-21)15-18-11-9-8-10-12-18;1-15-11-14(12-16(2,3)4)10-13-8-6-5-7-9-13;1-8-14-11(13)10(2)9-15-16(6,7)12(3,4)5/h8-12H,7,13-17H2,1-6H3;5-9H,10-12H2,1-4H3;2,8-9H2,1,3-7H3. The van der Waals surface area contributed by atoms with E-state index in [1.54, 1.807) is 14.0 Å². The molecule has 1 heterocycles. The van der Waals surface area contributed by atoms with E-state index in [-0.39, 0.29) is 28.6 Å². The van der Waals surface area contributed by atoms with Crippen molar-refractivity contribution in [2.24, 2.45) is 5.41 Å². The minimum Gasteiger partial charge on any atom is -0.465 e. The van der Waals surface area contributed by atoms with Crippen LogP contribution in [0.3, 0.4) is 0 Å². The second-order valence-electron chi connectivity index (χ2n) is 19.8. The third-order valence-electron chi connectivity index (χ3n) is 11.1. The summed E-state index contributed by atoms with van der Waals surface area (Å²) >= 11 is 0. The average molecular weight is 859 g/mol. The number of esters is 2. The molecule has 0 aliphatic carbocycles. The third-order valence-corrected chi connectivity index (χ3v) is 21.5. The third kappa shape index (κ3) is 19.3. The van der Waals surface area contributed by atoms with Gasteiger partial charge in [0.25, 0.3) is 0 Å². The Labute approximate surface area is 357 Å². The van der Waals surface area contributed by atoms with Gasteiger partial charge in [0.05, 0.1) is 46.8 Å². The second kappa shape index (κ2) is 24.1. The van der Waals surface area contributed by atoms with E-state index in [1.807, 2.05) is 13.0 Å². The van der Waals surface area contributed by atoms with Gasteiger partial charge in [0.15, 0.2) is 16.6 Å². The van der Waals surface area contributed by atoms with Crippen molar-refractivity contribution in [3.8, 4) is 0 Å². The van der Waals surface area contributed by atoms with Crippen molar-refractivity contribution in [1.29, 1.82) is 0 Å². The van der Waals surface area contributed by atoms with Crippen molar-refractivity contribution in [1.82, 2.24) is 9.80 Å². The molecule has 9 nitrogen and oxygen atoms in total. The molecule has 1 aliphatic rings. The maximum absolute atomic E-state index is 12.8. The normalized spacial score (nSPS) is 16.5. The van der Waals surface area contributed by atoms with Gasteiger partial charge in [0, 0.05) is 26.7 Å². The van der Waals surface area contributed by atoms with Crippen molar-refractivity contribution in [3.63, 3.8) is 0 Å². The topological polar surface area (TPSA) is 86.8 Å². The lowest BCUT2D eigenvalue weighted by Crippen LogP contribution is -2.47. The van der Waals surface area contributed by atoms with E-state index >= 15 is 0 Å². The van der Waals surface area contributed by atoms with E-state index < -0.39 is 30.1 Å². The Balaban J connectivity index is 0.000000459. The average Bonchev–Trinajstić information content (AvgIpc) is 3.54. The second-order valence-corrected chi connectivity index (χ2v) is 34.9. The molecule has 0 bridgehead atoms. The summed E-state index contributed by atoms with van der Waals surface area (Å²) in [5.41, 5.74) is 2.49. The lowest BCUT2D eigenvalue weighted by Gasteiger charge is -2.39. The van der Waals surface area contributed by atoms with E-state index in [4.69, 9.17) is 23.1 Å². The zero-order valence-corrected chi connectivity index (χ0v) is 42.5. The Bertz CT molecular complexity index is 1500. The summed E-state index contributed by atoms with van der Waals surface area (Å²) in [6.45, 7) is 42.1. The highest BCUT2D eigenvalue weighted by molar-refractivity contribution is 6.76. The van der Waals surface area contributed by atoms with Gasteiger partial charge in [-0.05, 0) is 80.4 Å². The molecule has 0 aromatic heterocycles. The maximum atomic E-state index is 12.8. The van der Waals surface area contributed by atoms with Crippen LogP contribution in [0.1, 0.15) is 72.9 Å². The fourth-order valence-corrected chi connectivity index (χ4v) is 9.30. The molecule has 0 amide bonds. The van der Waals surface area contributed by atoms with Crippen LogP contribution in [-0.4, -0.2) is 106 Å². The molecule has 2 aromatic carbocycles. The fraction of sp³-hybridized carbons (Fsp3) is 0.652. The van der Waals surface area contributed by atoms with Gasteiger partial charge in [0.2, 0.25) is 0 Å². The molecule has 3 rings (SSSR count). The lowest BCUT2D eigenvalue weighted by molar-refractivity contribution is -0.156. The first-order chi connectivity index (χ1) is 26.7. The molecular formula is C46H82N2O7Si3. The molecule has 58 heavy (non-hydrogen) atoms. The Kier molecular flexibility index (Phi) is 22.3. The first kappa shape index (κ1) is 53.6. The van der Waals surface area contributed by atoms with Gasteiger partial charge in [0.1, 0.15) is 5.41 Å². The summed E-state index contributed by atoms with van der Waals surface area (Å²) in [4.78, 5) is 28.9. The van der Waals surface area contributed by atoms with Gasteiger partial charge < -0.3 is 23.1 Å². The van der Waals surface area contributed by atoms with Crippen LogP contribution in [0.5, 0.6) is 0 Å². The first-order valence-electron chi connectivity index (χ1n) is 21.0. The highest BCUT2D eigenvalue weighted by Crippen LogP contribution is 2.40. The number of rotatable bonds is 18. The fourth-order valence-electron chi connectivity index (χ4n) is 5.72. The van der Waals surface area contributed by atoms with E-state index in [1.165, 1.54) is 17.3 Å². The number of nitrogens with zero attached hydrogens (tertiary/aromatic N) is 2. The molecule has 1 unspecified atom stereocenters. The van der Waals surface area contributed by atoms with Crippen molar-refractivity contribution >= 4 is 36.6 Å². The Morgan fingerprint density at radius 1 is 0.776 bits per heavy atom. The molecule has 330 valence electrons. The van der Waals surface area contributed by atoms with Gasteiger partial charge in [-0.15, -0.1) is 0 Å². The number of methoxy groups -OCH3 is 1. The minimum absolute atomic E-state index is 0.103. The smallest absolute Gasteiger partial charge is 0.335 e. The molecule has 0 spiro atoms. The van der Waals surface area contributed by atoms with E-state index in [0.717, 1.165) is 32.8 Å². The SMILES string of the molecule is C=C(CO[Si](C)(C)C(C)(C)C)C(=O)OCC.CCOC(=O)C1(CO[Si](C)(C)C(C)(C)C)CCN(Cc2ccccc2)C1.COCN(Cc1ccccc1)C[Si](C)(C)C. The zero-order chi connectivity index (χ0) is 44.4. The minimum atomic E-state index is -1.91. The largest absolute Gasteiger partial charge is 0.465 e. The summed E-state index contributed by atoms with van der Waals surface area (Å²) in [6.07, 6.45) is 1.98. The van der Waals surface area contributed by atoms with Gasteiger partial charge >= 0.3 is 11.9 Å². The van der Waals surface area contributed by atoms with Gasteiger partial charge in [-0.1, -0.05) is 128 Å². The van der Waals surface area contributed by atoms with Crippen LogP contribution in [0, 0.1) is 5.41 Å². The number of likely N-dealkylation sites (tertiary alicyclic amines) is 1. The van der Waals surface area contributed by atoms with Crippen LogP contribution in [-0.2, 0) is 45.7 Å². The Morgan fingerprint density at radius 2 is 1.28 bits per heavy atom. The zero-order valence-electron chi connectivity index (χ0n) is 39.5. The maximum Gasteiger partial charge on any atom is 0.335 e. The molecule has 0 N–H and O–H groups in total. The Hall–Kier alpha value is -2.43. The van der Waals surface area contributed by atoms with Crippen molar-refractivity contribution in [2.45, 2.75) is 131 Å². The summed E-state index contributed by atoms with van der Waals surface area (Å²) in [5.74, 6) is -0.463. The summed E-state index contributed by atoms with van der Waals surface area (Å²) in [5, 5.41) is 0.271. The molecule has 0 saturated carbocycles. The number of hydrogen-bond acceptors (Lipinski definition) is 9. The molecule has 1 atom stereocenters. The van der Waals surface area contributed by atoms with Crippen molar-refractivity contribution in [3.05, 3.63) is 83.9 Å². The van der Waals surface area contributed by atoms with Crippen LogP contribution in [0.25, 0.3) is 0 Å². The quantitative estimate of drug-likeness (QED) is 0.0629. The molecule has 12 heteroatoms. The van der Waals surface area contributed by atoms with Crippen LogP contribution in [0.15, 0.2) is 72.8 Å². The van der Waals surface area contributed by atoms with Crippen molar-refractivity contribution < 1.29 is 32.7 Å². The summed E-state index contributed by atoms with van der Waals surface area (Å²) in [6, 6.07) is 21.0. The van der Waals surface area contributed by atoms with Gasteiger partial charge in [-0.2, -0.15) is 0 Å². The molecule has 2 aromatic rings. The number of carbonyl (C=O) groups is 2. The van der Waals surface area contributed by atoms with E-state index in [0.29, 0.717) is 31.9 Å². The van der Waals surface area contributed by atoms with Crippen LogP contribution in [0.4, 0.5) is 0 Å². The van der Waals surface area contributed by atoms with Gasteiger partial charge in [-0.3, -0.25) is 14.6 Å². The summed E-state index contributed by atoms with van der Waals surface area (Å²) in [7, 11) is -3.02. The van der Waals surface area contributed by atoms with Gasteiger partial charge in [-0.25, -0.2) is 4.79 Å². The van der Waals surface area contributed by atoms with Crippen LogP contribution < -0.4 is 0 Å². The molecule has 1 fully saturated rings. The number of carbonyl (C=O) groups excluding carboxylic acids is 2. The highest BCUT2D eigenvalue weighted by Gasteiger charge is 2.48. The number of benzene rings is 2. The predicted molar refractivity (Wildman–Crippen MR) is 250 cm³/mol. The first-order valence-corrected chi connectivity index (χ1v) is 30.6. The molecule has 1 aliphatic heterocycles. The van der Waals surface area contributed by atoms with Crippen LogP contribution >= 0.6 is 0 Å². The monoisotopic (exact) mass is 859 g/mol. The highest BCUT2D eigenvalue weighted by atomic mass is 28.4. The number of ether oxygens (including phenoxy) is 3. The number of hydrogen-bond donors (Lipinski definition) is 0. The van der Waals surface area contributed by atoms with E-state index in [2.05, 4.69) is 158 Å². The molecule has 1 saturated heterocycles.